The molecular formula is C26H23Cl2N3O2S. The first-order valence-electron chi connectivity index (χ1n) is 10.8. The lowest BCUT2D eigenvalue weighted by atomic mass is 9.98. The molecule has 3 aromatic carbocycles. The van der Waals surface area contributed by atoms with Gasteiger partial charge in [0.15, 0.2) is 10.7 Å². The van der Waals surface area contributed by atoms with Crippen LogP contribution in [0.3, 0.4) is 0 Å². The number of fused-ring (bicyclic) bond motifs is 1. The summed E-state index contributed by atoms with van der Waals surface area (Å²) in [5.41, 5.74) is 5.29. The largest absolute Gasteiger partial charge is 0.436 e. The monoisotopic (exact) mass is 511 g/mol. The Balaban J connectivity index is 1.53. The molecule has 0 aliphatic heterocycles. The fourth-order valence-electron chi connectivity index (χ4n) is 3.43. The van der Waals surface area contributed by atoms with Crippen LogP contribution in [0.5, 0.6) is 0 Å². The van der Waals surface area contributed by atoms with Gasteiger partial charge in [0.25, 0.3) is 5.91 Å². The van der Waals surface area contributed by atoms with E-state index in [2.05, 4.69) is 41.6 Å². The molecular weight excluding hydrogens is 489 g/mol. The van der Waals surface area contributed by atoms with Gasteiger partial charge in [-0.15, -0.1) is 0 Å². The van der Waals surface area contributed by atoms with Crippen molar-refractivity contribution in [1.82, 2.24) is 10.3 Å². The molecule has 4 rings (SSSR count). The molecule has 0 bridgehead atoms. The molecule has 0 radical (unpaired) electrons. The molecule has 0 saturated carbocycles. The van der Waals surface area contributed by atoms with Gasteiger partial charge in [-0.1, -0.05) is 49.2 Å². The van der Waals surface area contributed by atoms with E-state index in [4.69, 9.17) is 39.8 Å². The highest BCUT2D eigenvalue weighted by atomic mass is 35.5. The Hall–Kier alpha value is -2.93. The number of benzene rings is 3. The summed E-state index contributed by atoms with van der Waals surface area (Å²) in [5.74, 6) is 0.547. The molecule has 0 spiro atoms. The predicted octanol–water partition coefficient (Wildman–Crippen LogP) is 7.75. The number of nitrogens with one attached hydrogen (secondary N) is 2. The molecule has 2 N–H and O–H groups in total. The summed E-state index contributed by atoms with van der Waals surface area (Å²) in [6, 6.07) is 16.5. The smallest absolute Gasteiger partial charge is 0.257 e. The molecule has 0 aliphatic carbocycles. The molecule has 1 amide bonds. The summed E-state index contributed by atoms with van der Waals surface area (Å²) in [7, 11) is 0. The number of rotatable bonds is 5. The molecule has 1 aromatic heterocycles. The fraction of sp³-hybridized carbons (Fsp3) is 0.192. The summed E-state index contributed by atoms with van der Waals surface area (Å²) < 4.78 is 5.97. The summed E-state index contributed by atoms with van der Waals surface area (Å²) in [4.78, 5) is 17.2. The third-order valence-corrected chi connectivity index (χ3v) is 6.66. The maximum atomic E-state index is 12.5. The third kappa shape index (κ3) is 5.25. The van der Waals surface area contributed by atoms with Crippen molar-refractivity contribution in [3.05, 3.63) is 81.3 Å². The average Bonchev–Trinajstić information content (AvgIpc) is 3.25. The van der Waals surface area contributed by atoms with Crippen LogP contribution >= 0.6 is 35.4 Å². The lowest BCUT2D eigenvalue weighted by Crippen LogP contribution is -2.34. The van der Waals surface area contributed by atoms with E-state index >= 15 is 0 Å². The summed E-state index contributed by atoms with van der Waals surface area (Å²) in [5, 5.41) is 6.68. The minimum absolute atomic E-state index is 0.108. The number of carbonyl (C=O) groups excluding carboxylic acids is 1. The van der Waals surface area contributed by atoms with Crippen molar-refractivity contribution in [2.24, 2.45) is 0 Å². The number of amides is 1. The van der Waals surface area contributed by atoms with Gasteiger partial charge in [0, 0.05) is 16.1 Å². The molecule has 0 fully saturated rings. The van der Waals surface area contributed by atoms with Gasteiger partial charge in [-0.2, -0.15) is 0 Å². The molecule has 0 saturated heterocycles. The number of oxazole rings is 1. The molecule has 1 heterocycles. The van der Waals surface area contributed by atoms with E-state index in [-0.39, 0.29) is 11.0 Å². The van der Waals surface area contributed by atoms with Crippen molar-refractivity contribution in [2.45, 2.75) is 33.1 Å². The van der Waals surface area contributed by atoms with Gasteiger partial charge in [-0.05, 0) is 85.1 Å². The molecule has 5 nitrogen and oxygen atoms in total. The zero-order chi connectivity index (χ0) is 24.4. The Morgan fingerprint density at radius 2 is 1.88 bits per heavy atom. The van der Waals surface area contributed by atoms with Crippen molar-refractivity contribution in [3.8, 4) is 11.5 Å². The van der Waals surface area contributed by atoms with E-state index in [0.29, 0.717) is 38.7 Å². The Morgan fingerprint density at radius 3 is 2.62 bits per heavy atom. The van der Waals surface area contributed by atoms with Gasteiger partial charge in [-0.3, -0.25) is 10.1 Å². The van der Waals surface area contributed by atoms with Crippen molar-refractivity contribution in [1.29, 1.82) is 0 Å². The number of carbonyl (C=O) groups is 1. The second-order valence-electron chi connectivity index (χ2n) is 8.12. The highest BCUT2D eigenvalue weighted by Gasteiger charge is 2.14. The first-order valence-corrected chi connectivity index (χ1v) is 12.0. The number of aryl methyl sites for hydroxylation is 1. The number of nitrogens with zero attached hydrogens (tertiary/aromatic N) is 1. The lowest BCUT2D eigenvalue weighted by Gasteiger charge is -2.12. The third-order valence-electron chi connectivity index (χ3n) is 5.72. The number of hydrogen-bond acceptors (Lipinski definition) is 4. The second kappa shape index (κ2) is 10.1. The van der Waals surface area contributed by atoms with E-state index in [1.165, 1.54) is 5.56 Å². The minimum atomic E-state index is -0.372. The van der Waals surface area contributed by atoms with Crippen molar-refractivity contribution in [2.75, 3.05) is 5.32 Å². The number of halogens is 2. The molecule has 174 valence electrons. The van der Waals surface area contributed by atoms with Gasteiger partial charge in [0.1, 0.15) is 5.52 Å². The van der Waals surface area contributed by atoms with Crippen LogP contribution in [-0.4, -0.2) is 16.0 Å². The average molecular weight is 512 g/mol. The van der Waals surface area contributed by atoms with Crippen molar-refractivity contribution in [3.63, 3.8) is 0 Å². The van der Waals surface area contributed by atoms with Crippen LogP contribution in [0.2, 0.25) is 10.0 Å². The first kappa shape index (κ1) is 24.2. The van der Waals surface area contributed by atoms with E-state index < -0.39 is 0 Å². The number of thiocarbonyl (C=S) groups is 1. The van der Waals surface area contributed by atoms with Crippen LogP contribution in [0.4, 0.5) is 5.69 Å². The van der Waals surface area contributed by atoms with E-state index in [9.17, 15) is 4.79 Å². The number of hydrogen-bond donors (Lipinski definition) is 2. The Morgan fingerprint density at radius 1 is 1.09 bits per heavy atom. The van der Waals surface area contributed by atoms with Crippen LogP contribution in [0.1, 0.15) is 47.7 Å². The maximum Gasteiger partial charge on any atom is 0.257 e. The van der Waals surface area contributed by atoms with Gasteiger partial charge in [-0.25, -0.2) is 4.98 Å². The highest BCUT2D eigenvalue weighted by molar-refractivity contribution is 7.80. The Labute approximate surface area is 213 Å². The first-order chi connectivity index (χ1) is 16.2. The second-order valence-corrected chi connectivity index (χ2v) is 9.34. The molecule has 4 aromatic rings. The summed E-state index contributed by atoms with van der Waals surface area (Å²) >= 11 is 17.8. The Bertz CT molecular complexity index is 1400. The van der Waals surface area contributed by atoms with Crippen LogP contribution in [0.15, 0.2) is 59.0 Å². The zero-order valence-electron chi connectivity index (χ0n) is 18.9. The van der Waals surface area contributed by atoms with Crippen molar-refractivity contribution < 1.29 is 9.21 Å². The zero-order valence-corrected chi connectivity index (χ0v) is 21.2. The molecule has 8 heteroatoms. The van der Waals surface area contributed by atoms with Crippen LogP contribution in [0.25, 0.3) is 22.6 Å². The quantitative estimate of drug-likeness (QED) is 0.268. The summed E-state index contributed by atoms with van der Waals surface area (Å²) in [6.07, 6.45) is 1.05. The maximum absolute atomic E-state index is 12.5. The standard InChI is InChI=1S/C26H23Cl2N3O2S/c1-4-14(2)16-8-10-23-22(12-16)29-25(33-23)18-7-9-19(27)21(13-18)30-26(34)31-24(32)17-6-5-15(3)20(28)11-17/h5-14H,4H2,1-3H3,(H2,30,31,32,34)/t14-/m0/s1. The molecule has 0 unspecified atom stereocenters. The van der Waals surface area contributed by atoms with E-state index in [1.54, 1.807) is 30.3 Å². The fourth-order valence-corrected chi connectivity index (χ4v) is 3.98. The predicted molar refractivity (Wildman–Crippen MR) is 143 cm³/mol. The van der Waals surface area contributed by atoms with Crippen molar-refractivity contribution >= 4 is 63.2 Å². The number of aromatic nitrogens is 1. The van der Waals surface area contributed by atoms with Crippen LogP contribution in [-0.2, 0) is 0 Å². The topological polar surface area (TPSA) is 67.2 Å². The van der Waals surface area contributed by atoms with E-state index in [0.717, 1.165) is 23.1 Å². The summed E-state index contributed by atoms with van der Waals surface area (Å²) in [6.45, 7) is 6.22. The molecule has 34 heavy (non-hydrogen) atoms. The molecule has 0 aliphatic rings. The highest BCUT2D eigenvalue weighted by Crippen LogP contribution is 2.32. The normalized spacial score (nSPS) is 11.9. The van der Waals surface area contributed by atoms with Gasteiger partial charge >= 0.3 is 0 Å². The Kier molecular flexibility index (Phi) is 7.22. The SMILES string of the molecule is CC[C@H](C)c1ccc2oc(-c3ccc(Cl)c(NC(=S)NC(=O)c4ccc(C)c(Cl)c4)c3)nc2c1. The van der Waals surface area contributed by atoms with Gasteiger partial charge in [0.05, 0.1) is 10.7 Å². The minimum Gasteiger partial charge on any atom is -0.436 e. The van der Waals surface area contributed by atoms with Crippen LogP contribution in [0, 0.1) is 6.92 Å². The van der Waals surface area contributed by atoms with E-state index in [1.807, 2.05) is 19.1 Å². The van der Waals surface area contributed by atoms with Crippen LogP contribution < -0.4 is 10.6 Å². The number of anilines is 1. The van der Waals surface area contributed by atoms with Gasteiger partial charge < -0.3 is 9.73 Å². The molecule has 1 atom stereocenters. The lowest BCUT2D eigenvalue weighted by molar-refractivity contribution is 0.0977. The van der Waals surface area contributed by atoms with Gasteiger partial charge in [0.2, 0.25) is 5.89 Å².